The van der Waals surface area contributed by atoms with Crippen LogP contribution in [0.1, 0.15) is 42.9 Å². The molecule has 2 aromatic carbocycles. The summed E-state index contributed by atoms with van der Waals surface area (Å²) in [5.41, 5.74) is 6.20. The molecule has 3 aromatic rings. The summed E-state index contributed by atoms with van der Waals surface area (Å²) in [7, 11) is 0. The molecular weight excluding hydrogens is 356 g/mol. The van der Waals surface area contributed by atoms with Crippen LogP contribution >= 0.6 is 0 Å². The molecule has 0 unspecified atom stereocenters. The predicted octanol–water partition coefficient (Wildman–Crippen LogP) is 6.01. The lowest BCUT2D eigenvalue weighted by Gasteiger charge is -2.33. The zero-order chi connectivity index (χ0) is 20.1. The second kappa shape index (κ2) is 9.23. The summed E-state index contributed by atoms with van der Waals surface area (Å²) >= 11 is 0. The Balaban J connectivity index is 1.39. The fraction of sp³-hybridized carbons (Fsp3) is 0.346. The number of ether oxygens (including phenoxy) is 1. The van der Waals surface area contributed by atoms with Crippen molar-refractivity contribution in [1.82, 2.24) is 9.88 Å². The number of likely N-dealkylation sites (tertiary alicyclic amines) is 1. The van der Waals surface area contributed by atoms with Crippen molar-refractivity contribution >= 4 is 0 Å². The number of hydrogen-bond donors (Lipinski definition) is 0. The van der Waals surface area contributed by atoms with E-state index in [4.69, 9.17) is 4.74 Å². The first-order valence-electron chi connectivity index (χ1n) is 10.7. The topological polar surface area (TPSA) is 25.4 Å². The Kier molecular flexibility index (Phi) is 6.26. The van der Waals surface area contributed by atoms with Crippen LogP contribution in [0.5, 0.6) is 5.88 Å². The van der Waals surface area contributed by atoms with E-state index in [0.29, 0.717) is 18.5 Å². The van der Waals surface area contributed by atoms with Gasteiger partial charge in [0, 0.05) is 24.8 Å². The van der Waals surface area contributed by atoms with Gasteiger partial charge >= 0.3 is 0 Å². The van der Waals surface area contributed by atoms with Crippen LogP contribution in [0.2, 0.25) is 0 Å². The Labute approximate surface area is 174 Å². The highest BCUT2D eigenvalue weighted by atomic mass is 16.5. The molecule has 1 saturated heterocycles. The van der Waals surface area contributed by atoms with Crippen molar-refractivity contribution in [3.05, 3.63) is 83.6 Å². The number of aromatic nitrogens is 1. The van der Waals surface area contributed by atoms with Gasteiger partial charge in [-0.3, -0.25) is 4.90 Å². The summed E-state index contributed by atoms with van der Waals surface area (Å²) in [5, 5.41) is 0. The molecule has 150 valence electrons. The molecule has 2 heterocycles. The Morgan fingerprint density at radius 2 is 1.86 bits per heavy atom. The zero-order valence-corrected chi connectivity index (χ0v) is 17.5. The molecular formula is C26H30N2O. The van der Waals surface area contributed by atoms with Crippen LogP contribution in [-0.2, 0) is 13.2 Å². The molecule has 1 aliphatic rings. The summed E-state index contributed by atoms with van der Waals surface area (Å²) < 4.78 is 6.01. The van der Waals surface area contributed by atoms with Gasteiger partial charge in [0.05, 0.1) is 0 Å². The first-order chi connectivity index (χ1) is 14.2. The average molecular weight is 387 g/mol. The summed E-state index contributed by atoms with van der Waals surface area (Å²) in [6, 6.07) is 21.7. The third-order valence-corrected chi connectivity index (χ3v) is 6.03. The maximum atomic E-state index is 6.01. The number of pyridine rings is 1. The molecule has 0 saturated carbocycles. The van der Waals surface area contributed by atoms with E-state index in [0.717, 1.165) is 6.54 Å². The lowest BCUT2D eigenvalue weighted by molar-refractivity contribution is 0.152. The van der Waals surface area contributed by atoms with E-state index in [1.54, 1.807) is 0 Å². The average Bonchev–Trinajstić information content (AvgIpc) is 2.76. The quantitative estimate of drug-likeness (QED) is 0.519. The molecule has 3 heteroatoms. The van der Waals surface area contributed by atoms with Gasteiger partial charge < -0.3 is 4.74 Å². The number of rotatable bonds is 6. The van der Waals surface area contributed by atoms with Gasteiger partial charge in [-0.25, -0.2) is 4.98 Å². The predicted molar refractivity (Wildman–Crippen MR) is 119 cm³/mol. The van der Waals surface area contributed by atoms with E-state index in [1.807, 2.05) is 18.3 Å². The number of benzene rings is 2. The van der Waals surface area contributed by atoms with Gasteiger partial charge in [-0.1, -0.05) is 61.0 Å². The largest absolute Gasteiger partial charge is 0.473 e. The minimum absolute atomic E-state index is 0.530. The Morgan fingerprint density at radius 3 is 2.62 bits per heavy atom. The lowest BCUT2D eigenvalue weighted by atomic mass is 9.97. The van der Waals surface area contributed by atoms with E-state index < -0.39 is 0 Å². The fourth-order valence-corrected chi connectivity index (χ4v) is 4.14. The lowest BCUT2D eigenvalue weighted by Crippen LogP contribution is -2.36. The Bertz CT molecular complexity index is 921. The maximum absolute atomic E-state index is 6.01. The normalized spacial score (nSPS) is 17.2. The molecule has 0 spiro atoms. The van der Waals surface area contributed by atoms with Crippen molar-refractivity contribution in [1.29, 1.82) is 0 Å². The first kappa shape index (κ1) is 19.7. The van der Waals surface area contributed by atoms with Crippen molar-refractivity contribution in [2.45, 2.75) is 52.3 Å². The van der Waals surface area contributed by atoms with E-state index >= 15 is 0 Å². The van der Waals surface area contributed by atoms with Gasteiger partial charge in [-0.15, -0.1) is 0 Å². The highest BCUT2D eigenvalue weighted by molar-refractivity contribution is 5.68. The SMILES string of the molecule is Cc1c(COc2ccc(CN3CCCC[C@H]3C)cn2)cccc1-c1ccccc1. The monoisotopic (exact) mass is 386 g/mol. The Hall–Kier alpha value is -2.65. The third-order valence-electron chi connectivity index (χ3n) is 6.03. The number of nitrogens with zero attached hydrogens (tertiary/aromatic N) is 2. The summed E-state index contributed by atoms with van der Waals surface area (Å²) in [6.07, 6.45) is 5.92. The minimum atomic E-state index is 0.530. The molecule has 0 aliphatic carbocycles. The molecule has 1 fully saturated rings. The van der Waals surface area contributed by atoms with Gasteiger partial charge in [0.1, 0.15) is 6.61 Å². The highest BCUT2D eigenvalue weighted by Crippen LogP contribution is 2.26. The van der Waals surface area contributed by atoms with Gasteiger partial charge in [-0.05, 0) is 61.1 Å². The molecule has 29 heavy (non-hydrogen) atoms. The van der Waals surface area contributed by atoms with Gasteiger partial charge in [0.25, 0.3) is 0 Å². The number of piperidine rings is 1. The zero-order valence-electron chi connectivity index (χ0n) is 17.5. The molecule has 0 bridgehead atoms. The summed E-state index contributed by atoms with van der Waals surface area (Å²) in [6.45, 7) is 7.19. The number of hydrogen-bond acceptors (Lipinski definition) is 3. The van der Waals surface area contributed by atoms with Crippen molar-refractivity contribution < 1.29 is 4.74 Å². The molecule has 0 radical (unpaired) electrons. The molecule has 1 atom stereocenters. The third kappa shape index (κ3) is 4.86. The van der Waals surface area contributed by atoms with Crippen LogP contribution in [0.25, 0.3) is 11.1 Å². The molecule has 3 nitrogen and oxygen atoms in total. The molecule has 1 aliphatic heterocycles. The smallest absolute Gasteiger partial charge is 0.213 e. The second-order valence-electron chi connectivity index (χ2n) is 8.06. The van der Waals surface area contributed by atoms with E-state index in [2.05, 4.69) is 72.3 Å². The molecule has 4 rings (SSSR count). The van der Waals surface area contributed by atoms with Crippen molar-refractivity contribution in [2.75, 3.05) is 6.54 Å². The van der Waals surface area contributed by atoms with Crippen molar-refractivity contribution in [3.63, 3.8) is 0 Å². The van der Waals surface area contributed by atoms with Gasteiger partial charge in [0.2, 0.25) is 5.88 Å². The van der Waals surface area contributed by atoms with Crippen LogP contribution < -0.4 is 4.74 Å². The standard InChI is InChI=1S/C26H30N2O/c1-20-9-6-7-16-28(20)18-22-14-15-26(27-17-22)29-19-24-12-8-13-25(21(24)2)23-10-4-3-5-11-23/h3-5,8,10-15,17,20H,6-7,9,16,18-19H2,1-2H3/t20-/m1/s1. The minimum Gasteiger partial charge on any atom is -0.473 e. The van der Waals surface area contributed by atoms with E-state index in [1.165, 1.54) is 53.6 Å². The first-order valence-corrected chi connectivity index (χ1v) is 10.7. The summed E-state index contributed by atoms with van der Waals surface area (Å²) in [4.78, 5) is 7.10. The van der Waals surface area contributed by atoms with Crippen molar-refractivity contribution in [2.24, 2.45) is 0 Å². The van der Waals surface area contributed by atoms with Crippen LogP contribution in [0.3, 0.4) is 0 Å². The van der Waals surface area contributed by atoms with Gasteiger partial charge in [-0.2, -0.15) is 0 Å². The molecule has 1 aromatic heterocycles. The van der Waals surface area contributed by atoms with Crippen LogP contribution in [0.4, 0.5) is 0 Å². The van der Waals surface area contributed by atoms with E-state index in [-0.39, 0.29) is 0 Å². The summed E-state index contributed by atoms with van der Waals surface area (Å²) in [5.74, 6) is 0.685. The van der Waals surface area contributed by atoms with E-state index in [9.17, 15) is 0 Å². The van der Waals surface area contributed by atoms with Gasteiger partial charge in [0.15, 0.2) is 0 Å². The molecule has 0 amide bonds. The highest BCUT2D eigenvalue weighted by Gasteiger charge is 2.18. The van der Waals surface area contributed by atoms with Crippen LogP contribution in [0, 0.1) is 6.92 Å². The Morgan fingerprint density at radius 1 is 1.00 bits per heavy atom. The maximum Gasteiger partial charge on any atom is 0.213 e. The van der Waals surface area contributed by atoms with Crippen LogP contribution in [-0.4, -0.2) is 22.5 Å². The van der Waals surface area contributed by atoms with Crippen LogP contribution in [0.15, 0.2) is 66.9 Å². The second-order valence-corrected chi connectivity index (χ2v) is 8.06. The fourth-order valence-electron chi connectivity index (χ4n) is 4.14. The molecule has 0 N–H and O–H groups in total. The van der Waals surface area contributed by atoms with Crippen molar-refractivity contribution in [3.8, 4) is 17.0 Å².